The molecule has 0 amide bonds. The van der Waals surface area contributed by atoms with Crippen molar-refractivity contribution in [1.82, 2.24) is 9.78 Å². The quantitative estimate of drug-likeness (QED) is 0.565. The highest BCUT2D eigenvalue weighted by Crippen LogP contribution is 2.01. The fourth-order valence-corrected chi connectivity index (χ4v) is 0.727. The van der Waals surface area contributed by atoms with Crippen molar-refractivity contribution in [3.8, 4) is 0 Å². The molecule has 54 valence electrons. The highest BCUT2D eigenvalue weighted by Gasteiger charge is 1.95. The van der Waals surface area contributed by atoms with Gasteiger partial charge in [-0.25, -0.2) is 0 Å². The molecule has 0 aromatic carbocycles. The lowest BCUT2D eigenvalue weighted by Gasteiger charge is -2.01. The van der Waals surface area contributed by atoms with Crippen LogP contribution >= 0.6 is 12.2 Å². The van der Waals surface area contributed by atoms with E-state index >= 15 is 0 Å². The molecular weight excluding hydrogens is 148 g/mol. The van der Waals surface area contributed by atoms with Gasteiger partial charge in [0.25, 0.3) is 0 Å². The van der Waals surface area contributed by atoms with Crippen LogP contribution in [-0.4, -0.2) is 14.9 Å². The molecule has 1 rings (SSSR count). The second-order valence-corrected chi connectivity index (χ2v) is 2.27. The smallest absolute Gasteiger partial charge is 0.169 e. The van der Waals surface area contributed by atoms with Crippen molar-refractivity contribution in [3.63, 3.8) is 0 Å². The summed E-state index contributed by atoms with van der Waals surface area (Å²) in [6.07, 6.45) is 1.67. The summed E-state index contributed by atoms with van der Waals surface area (Å²) >= 11 is 4.63. The molecule has 0 unspecified atom stereocenters. The maximum Gasteiger partial charge on any atom is 0.169 e. The Hall–Kier alpha value is -1.10. The molecule has 3 N–H and O–H groups in total. The van der Waals surface area contributed by atoms with Gasteiger partial charge in [-0.3, -0.25) is 4.68 Å². The maximum absolute atomic E-state index is 5.23. The van der Waals surface area contributed by atoms with Crippen molar-refractivity contribution < 1.29 is 0 Å². The Morgan fingerprint density at radius 2 is 2.60 bits per heavy atom. The van der Waals surface area contributed by atoms with Crippen LogP contribution < -0.4 is 11.1 Å². The summed E-state index contributed by atoms with van der Waals surface area (Å²) in [5.41, 5.74) is 5.23. The molecule has 0 saturated carbocycles. The van der Waals surface area contributed by atoms with Crippen LogP contribution in [0.1, 0.15) is 0 Å². The van der Waals surface area contributed by atoms with Gasteiger partial charge in [-0.1, -0.05) is 0 Å². The number of thiocarbonyl (C=S) groups is 1. The Morgan fingerprint density at radius 3 is 3.00 bits per heavy atom. The van der Waals surface area contributed by atoms with Crippen molar-refractivity contribution in [2.24, 2.45) is 12.8 Å². The monoisotopic (exact) mass is 156 g/mol. The first-order chi connectivity index (χ1) is 4.70. The third-order valence-electron chi connectivity index (χ3n) is 1.07. The van der Waals surface area contributed by atoms with Gasteiger partial charge in [-0.2, -0.15) is 5.10 Å². The minimum absolute atomic E-state index is 0.253. The molecule has 0 aliphatic carbocycles. The maximum atomic E-state index is 5.23. The molecule has 0 atom stereocenters. The van der Waals surface area contributed by atoms with Crippen molar-refractivity contribution >= 4 is 23.1 Å². The molecule has 4 nitrogen and oxygen atoms in total. The molecule has 0 aliphatic rings. The fourth-order valence-electron chi connectivity index (χ4n) is 0.623. The Labute approximate surface area is 64.0 Å². The van der Waals surface area contributed by atoms with Crippen LogP contribution in [0.25, 0.3) is 0 Å². The van der Waals surface area contributed by atoms with Crippen LogP contribution in [0.2, 0.25) is 0 Å². The van der Waals surface area contributed by atoms with Crippen LogP contribution in [0, 0.1) is 0 Å². The molecule has 0 aliphatic heterocycles. The van der Waals surface area contributed by atoms with Crippen molar-refractivity contribution in [2.45, 2.75) is 0 Å². The first kappa shape index (κ1) is 7.01. The minimum atomic E-state index is 0.253. The summed E-state index contributed by atoms with van der Waals surface area (Å²) in [5, 5.41) is 6.92. The van der Waals surface area contributed by atoms with E-state index in [9.17, 15) is 0 Å². The number of nitrogens with zero attached hydrogens (tertiary/aromatic N) is 2. The van der Waals surface area contributed by atoms with Gasteiger partial charge in [0.05, 0.1) is 6.20 Å². The van der Waals surface area contributed by atoms with E-state index in [2.05, 4.69) is 22.6 Å². The lowest BCUT2D eigenvalue weighted by molar-refractivity contribution is 0.778. The summed E-state index contributed by atoms with van der Waals surface area (Å²) in [6, 6.07) is 1.79. The number of nitrogens with two attached hydrogens (primary N) is 1. The van der Waals surface area contributed by atoms with Crippen LogP contribution in [0.5, 0.6) is 0 Å². The summed E-state index contributed by atoms with van der Waals surface area (Å²) in [6.45, 7) is 0. The predicted molar refractivity (Wildman–Crippen MR) is 43.6 cm³/mol. The molecule has 1 aromatic rings. The van der Waals surface area contributed by atoms with E-state index in [-0.39, 0.29) is 5.11 Å². The van der Waals surface area contributed by atoms with E-state index in [4.69, 9.17) is 5.73 Å². The van der Waals surface area contributed by atoms with Gasteiger partial charge < -0.3 is 11.1 Å². The average molecular weight is 156 g/mol. The van der Waals surface area contributed by atoms with Gasteiger partial charge in [0.2, 0.25) is 0 Å². The van der Waals surface area contributed by atoms with Gasteiger partial charge >= 0.3 is 0 Å². The standard InChI is InChI=1S/C5H8N4S/c1-9-4(2-3-7-9)8-5(6)10/h2-3H,1H3,(H3,6,8,10). The molecule has 0 saturated heterocycles. The highest BCUT2D eigenvalue weighted by molar-refractivity contribution is 7.80. The van der Waals surface area contributed by atoms with Crippen molar-refractivity contribution in [3.05, 3.63) is 12.3 Å². The average Bonchev–Trinajstić information content (AvgIpc) is 2.15. The Balaban J connectivity index is 2.74. The van der Waals surface area contributed by atoms with Gasteiger partial charge in [-0.15, -0.1) is 0 Å². The largest absolute Gasteiger partial charge is 0.376 e. The van der Waals surface area contributed by atoms with E-state index in [0.29, 0.717) is 0 Å². The summed E-state index contributed by atoms with van der Waals surface area (Å²) in [5.74, 6) is 0.799. The lowest BCUT2D eigenvalue weighted by Crippen LogP contribution is -2.20. The molecule has 10 heavy (non-hydrogen) atoms. The van der Waals surface area contributed by atoms with E-state index in [0.717, 1.165) is 5.82 Å². The Morgan fingerprint density at radius 1 is 1.90 bits per heavy atom. The second kappa shape index (κ2) is 2.66. The van der Waals surface area contributed by atoms with E-state index < -0.39 is 0 Å². The zero-order chi connectivity index (χ0) is 7.56. The number of anilines is 1. The summed E-state index contributed by atoms with van der Waals surface area (Å²) in [7, 11) is 1.81. The van der Waals surface area contributed by atoms with E-state index in [1.165, 1.54) is 0 Å². The molecule has 0 radical (unpaired) electrons. The zero-order valence-corrected chi connectivity index (χ0v) is 6.35. The first-order valence-electron chi connectivity index (χ1n) is 2.74. The van der Waals surface area contributed by atoms with Gasteiger partial charge in [-0.05, 0) is 12.2 Å². The molecule has 0 spiro atoms. The molecular formula is C5H8N4S. The SMILES string of the molecule is Cn1nccc1NC(N)=S. The number of hydrogen-bond acceptors (Lipinski definition) is 2. The van der Waals surface area contributed by atoms with Crippen LogP contribution in [0.3, 0.4) is 0 Å². The third kappa shape index (κ3) is 1.44. The lowest BCUT2D eigenvalue weighted by atomic mass is 10.6. The van der Waals surface area contributed by atoms with Crippen LogP contribution in [-0.2, 0) is 7.05 Å². The second-order valence-electron chi connectivity index (χ2n) is 1.83. The van der Waals surface area contributed by atoms with E-state index in [1.807, 2.05) is 0 Å². The highest BCUT2D eigenvalue weighted by atomic mass is 32.1. The first-order valence-corrected chi connectivity index (χ1v) is 3.15. The zero-order valence-electron chi connectivity index (χ0n) is 5.53. The molecule has 1 aromatic heterocycles. The summed E-state index contributed by atoms with van der Waals surface area (Å²) < 4.78 is 1.65. The Kier molecular flexibility index (Phi) is 1.86. The number of aromatic nitrogens is 2. The normalized spacial score (nSPS) is 9.30. The number of nitrogens with one attached hydrogen (secondary N) is 1. The topological polar surface area (TPSA) is 55.9 Å². The van der Waals surface area contributed by atoms with E-state index in [1.54, 1.807) is 24.0 Å². The molecule has 5 heteroatoms. The molecule has 1 heterocycles. The van der Waals surface area contributed by atoms with Gasteiger partial charge in [0.15, 0.2) is 5.11 Å². The van der Waals surface area contributed by atoms with Crippen molar-refractivity contribution in [2.75, 3.05) is 5.32 Å². The van der Waals surface area contributed by atoms with Gasteiger partial charge in [0, 0.05) is 13.1 Å². The minimum Gasteiger partial charge on any atom is -0.376 e. The third-order valence-corrected chi connectivity index (χ3v) is 1.17. The Bertz CT molecular complexity index is 242. The number of aryl methyl sites for hydroxylation is 1. The van der Waals surface area contributed by atoms with Crippen LogP contribution in [0.4, 0.5) is 5.82 Å². The van der Waals surface area contributed by atoms with Gasteiger partial charge in [0.1, 0.15) is 5.82 Å². The van der Waals surface area contributed by atoms with Crippen LogP contribution in [0.15, 0.2) is 12.3 Å². The summed E-state index contributed by atoms with van der Waals surface area (Å²) in [4.78, 5) is 0. The number of rotatable bonds is 1. The molecule has 0 bridgehead atoms. The fraction of sp³-hybridized carbons (Fsp3) is 0.200. The predicted octanol–water partition coefficient (Wildman–Crippen LogP) is 0.0756. The number of hydrogen-bond donors (Lipinski definition) is 2. The molecule has 0 fully saturated rings. The van der Waals surface area contributed by atoms with Crippen molar-refractivity contribution in [1.29, 1.82) is 0 Å².